The molecule has 0 saturated carbocycles. The Morgan fingerprint density at radius 2 is 2.06 bits per heavy atom. The number of hydrogen-bond donors (Lipinski definition) is 1. The van der Waals surface area contributed by atoms with Gasteiger partial charge >= 0.3 is 12.1 Å². The molecule has 96 valence electrons. The summed E-state index contributed by atoms with van der Waals surface area (Å²) >= 11 is 0. The number of benzene rings is 1. The second kappa shape index (κ2) is 4.04. The Bertz CT molecular complexity index is 532. The molecule has 3 nitrogen and oxygen atoms in total. The van der Waals surface area contributed by atoms with E-state index in [9.17, 15) is 18.0 Å². The molecule has 6 heteroatoms. The molecule has 0 radical (unpaired) electrons. The molecule has 0 fully saturated rings. The predicted molar refractivity (Wildman–Crippen MR) is 57.3 cm³/mol. The number of hydrogen-bond acceptors (Lipinski definition) is 2. The Morgan fingerprint density at radius 1 is 1.39 bits per heavy atom. The number of carbonyl (C=O) groups is 1. The lowest BCUT2D eigenvalue weighted by Gasteiger charge is -2.27. The third-order valence-electron chi connectivity index (χ3n) is 2.55. The summed E-state index contributed by atoms with van der Waals surface area (Å²) in [5.74, 6) is -1.60. The molecule has 0 spiro atoms. The number of ether oxygens (including phenoxy) is 1. The zero-order chi connectivity index (χ0) is 13.5. The van der Waals surface area contributed by atoms with Gasteiger partial charge in [-0.25, -0.2) is 4.79 Å². The van der Waals surface area contributed by atoms with Gasteiger partial charge in [0.25, 0.3) is 0 Å². The van der Waals surface area contributed by atoms with Crippen LogP contribution in [0.2, 0.25) is 0 Å². The fraction of sp³-hybridized carbons (Fsp3) is 0.250. The van der Waals surface area contributed by atoms with E-state index < -0.39 is 23.8 Å². The summed E-state index contributed by atoms with van der Waals surface area (Å²) in [5, 5.41) is 8.82. The number of fused-ring (bicyclic) bond motifs is 1. The standard InChI is InChI=1S/C12H9F3O3/c1-6-2-3-9-7(4-6)5-8(11(16)17)10(18-9)12(13,14)15/h2-5,10H,1H3,(H,16,17)/t10-/m1/s1. The van der Waals surface area contributed by atoms with E-state index in [4.69, 9.17) is 9.84 Å². The number of halogens is 3. The number of aryl methyl sites for hydroxylation is 1. The Balaban J connectivity index is 2.53. The van der Waals surface area contributed by atoms with Crippen molar-refractivity contribution in [1.29, 1.82) is 0 Å². The third kappa shape index (κ3) is 2.18. The molecule has 0 aliphatic carbocycles. The number of carboxylic acids is 1. The zero-order valence-electron chi connectivity index (χ0n) is 9.28. The summed E-state index contributed by atoms with van der Waals surface area (Å²) in [6, 6.07) is 4.58. The molecule has 1 aromatic carbocycles. The third-order valence-corrected chi connectivity index (χ3v) is 2.55. The molecule has 1 aromatic rings. The molecule has 1 aliphatic heterocycles. The van der Waals surface area contributed by atoms with Crippen molar-refractivity contribution < 1.29 is 27.8 Å². The fourth-order valence-electron chi connectivity index (χ4n) is 1.74. The van der Waals surface area contributed by atoms with E-state index in [1.54, 1.807) is 19.1 Å². The molecule has 1 N–H and O–H groups in total. The molecule has 0 bridgehead atoms. The summed E-state index contributed by atoms with van der Waals surface area (Å²) in [7, 11) is 0. The minimum absolute atomic E-state index is 0.0351. The first-order valence-electron chi connectivity index (χ1n) is 5.08. The largest absolute Gasteiger partial charge is 0.478 e. The Morgan fingerprint density at radius 3 is 2.61 bits per heavy atom. The maximum Gasteiger partial charge on any atom is 0.430 e. The summed E-state index contributed by atoms with van der Waals surface area (Å²) in [5.41, 5.74) is 0.345. The van der Waals surface area contributed by atoms with Crippen LogP contribution in [-0.4, -0.2) is 23.4 Å². The molecule has 1 aliphatic rings. The van der Waals surface area contributed by atoms with Crippen LogP contribution in [-0.2, 0) is 4.79 Å². The van der Waals surface area contributed by atoms with Crippen LogP contribution in [0.1, 0.15) is 11.1 Å². The predicted octanol–water partition coefficient (Wildman–Crippen LogP) is 2.79. The first-order valence-corrected chi connectivity index (χ1v) is 5.08. The van der Waals surface area contributed by atoms with Gasteiger partial charge in [0.05, 0.1) is 5.57 Å². The Kier molecular flexibility index (Phi) is 2.80. The van der Waals surface area contributed by atoms with Crippen LogP contribution >= 0.6 is 0 Å². The quantitative estimate of drug-likeness (QED) is 0.842. The van der Waals surface area contributed by atoms with Gasteiger partial charge in [0.15, 0.2) is 0 Å². The normalized spacial score (nSPS) is 18.7. The monoisotopic (exact) mass is 258 g/mol. The van der Waals surface area contributed by atoms with E-state index in [0.717, 1.165) is 11.6 Å². The second-order valence-electron chi connectivity index (χ2n) is 3.99. The highest BCUT2D eigenvalue weighted by Crippen LogP contribution is 2.37. The Hall–Kier alpha value is -1.98. The van der Waals surface area contributed by atoms with Gasteiger partial charge < -0.3 is 9.84 Å². The SMILES string of the molecule is Cc1ccc2c(c1)C=C(C(=O)O)[C@H](C(F)(F)F)O2. The van der Waals surface area contributed by atoms with E-state index >= 15 is 0 Å². The molecule has 0 aromatic heterocycles. The zero-order valence-corrected chi connectivity index (χ0v) is 9.28. The molecule has 18 heavy (non-hydrogen) atoms. The average molecular weight is 258 g/mol. The van der Waals surface area contributed by atoms with Crippen molar-refractivity contribution in [2.75, 3.05) is 0 Å². The molecule has 1 heterocycles. The maximum atomic E-state index is 12.7. The van der Waals surface area contributed by atoms with E-state index in [1.807, 2.05) is 0 Å². The van der Waals surface area contributed by atoms with Gasteiger partial charge in [-0.1, -0.05) is 11.6 Å². The summed E-state index contributed by atoms with van der Waals surface area (Å²) in [4.78, 5) is 10.9. The van der Waals surface area contributed by atoms with Gasteiger partial charge in [0, 0.05) is 5.56 Å². The van der Waals surface area contributed by atoms with Gasteiger partial charge in [0.2, 0.25) is 6.10 Å². The van der Waals surface area contributed by atoms with Crippen molar-refractivity contribution in [3.05, 3.63) is 34.9 Å². The van der Waals surface area contributed by atoms with Crippen LogP contribution < -0.4 is 4.74 Å². The van der Waals surface area contributed by atoms with Crippen molar-refractivity contribution in [3.8, 4) is 5.75 Å². The first-order chi connectivity index (χ1) is 8.29. The fourth-order valence-corrected chi connectivity index (χ4v) is 1.74. The Labute approximate surface area is 100 Å². The number of alkyl halides is 3. The van der Waals surface area contributed by atoms with Crippen LogP contribution in [0.15, 0.2) is 23.8 Å². The highest BCUT2D eigenvalue weighted by atomic mass is 19.4. The smallest absolute Gasteiger partial charge is 0.430 e. The lowest BCUT2D eigenvalue weighted by atomic mass is 10.00. The van der Waals surface area contributed by atoms with E-state index in [0.29, 0.717) is 5.56 Å². The number of aliphatic carboxylic acids is 1. The van der Waals surface area contributed by atoms with Gasteiger partial charge in [0.1, 0.15) is 5.75 Å². The minimum Gasteiger partial charge on any atom is -0.478 e. The first kappa shape index (κ1) is 12.5. The lowest BCUT2D eigenvalue weighted by molar-refractivity contribution is -0.187. The molecular formula is C12H9F3O3. The van der Waals surface area contributed by atoms with Crippen molar-refractivity contribution in [2.24, 2.45) is 0 Å². The summed E-state index contributed by atoms with van der Waals surface area (Å²) in [6.07, 6.45) is -6.18. The van der Waals surface area contributed by atoms with Gasteiger partial charge in [-0.3, -0.25) is 0 Å². The molecule has 1 atom stereocenters. The van der Waals surface area contributed by atoms with E-state index in [-0.39, 0.29) is 5.75 Å². The second-order valence-corrected chi connectivity index (χ2v) is 3.99. The van der Waals surface area contributed by atoms with Crippen LogP contribution in [0.5, 0.6) is 5.75 Å². The van der Waals surface area contributed by atoms with Crippen molar-refractivity contribution >= 4 is 12.0 Å². The van der Waals surface area contributed by atoms with Gasteiger partial charge in [-0.15, -0.1) is 0 Å². The van der Waals surface area contributed by atoms with Gasteiger partial charge in [-0.05, 0) is 25.1 Å². The van der Waals surface area contributed by atoms with E-state index in [2.05, 4.69) is 0 Å². The number of rotatable bonds is 1. The van der Waals surface area contributed by atoms with Crippen molar-refractivity contribution in [1.82, 2.24) is 0 Å². The number of carboxylic acid groups (broad SMARTS) is 1. The average Bonchev–Trinajstić information content (AvgIpc) is 2.25. The summed E-state index contributed by atoms with van der Waals surface area (Å²) < 4.78 is 42.8. The summed E-state index contributed by atoms with van der Waals surface area (Å²) in [6.45, 7) is 1.75. The highest BCUT2D eigenvalue weighted by Gasteiger charge is 2.48. The van der Waals surface area contributed by atoms with Crippen LogP contribution in [0.25, 0.3) is 6.08 Å². The van der Waals surface area contributed by atoms with E-state index in [1.165, 1.54) is 6.07 Å². The van der Waals surface area contributed by atoms with Crippen LogP contribution in [0.3, 0.4) is 0 Å². The molecule has 0 amide bonds. The lowest BCUT2D eigenvalue weighted by Crippen LogP contribution is -2.40. The van der Waals surface area contributed by atoms with Gasteiger partial charge in [-0.2, -0.15) is 13.2 Å². The van der Waals surface area contributed by atoms with Crippen molar-refractivity contribution in [3.63, 3.8) is 0 Å². The molecule has 0 unspecified atom stereocenters. The minimum atomic E-state index is -4.76. The topological polar surface area (TPSA) is 46.5 Å². The molecule has 2 rings (SSSR count). The van der Waals surface area contributed by atoms with Crippen LogP contribution in [0, 0.1) is 6.92 Å². The highest BCUT2D eigenvalue weighted by molar-refractivity contribution is 5.95. The van der Waals surface area contributed by atoms with Crippen LogP contribution in [0.4, 0.5) is 13.2 Å². The van der Waals surface area contributed by atoms with Crippen molar-refractivity contribution in [2.45, 2.75) is 19.2 Å². The molecule has 0 saturated heterocycles. The maximum absolute atomic E-state index is 12.7. The molecular weight excluding hydrogens is 249 g/mol.